The van der Waals surface area contributed by atoms with Gasteiger partial charge in [0, 0.05) is 6.54 Å². The SMILES string of the molecule is CCN(C(=O)OC(C)(C)C)C1(c2nc3ccc(-c4ccc(B5OC(C)(C)C(C)(C)O5)cc4)cc3[nH]2)CCC1. The van der Waals surface area contributed by atoms with Gasteiger partial charge in [-0.05, 0) is 103 Å². The minimum Gasteiger partial charge on any atom is -0.444 e. The molecule has 1 aliphatic heterocycles. The highest BCUT2D eigenvalue weighted by Crippen LogP contribution is 2.46. The number of ether oxygens (including phenoxy) is 1. The predicted molar refractivity (Wildman–Crippen MR) is 151 cm³/mol. The number of nitrogens with one attached hydrogen (secondary N) is 1. The Morgan fingerprint density at radius 3 is 2.16 bits per heavy atom. The van der Waals surface area contributed by atoms with Crippen molar-refractivity contribution in [2.45, 2.75) is 97.0 Å². The molecule has 8 heteroatoms. The number of benzene rings is 2. The van der Waals surface area contributed by atoms with Crippen LogP contribution in [-0.2, 0) is 19.6 Å². The van der Waals surface area contributed by atoms with Gasteiger partial charge in [0.1, 0.15) is 17.0 Å². The van der Waals surface area contributed by atoms with Crippen molar-refractivity contribution in [3.63, 3.8) is 0 Å². The van der Waals surface area contributed by atoms with Crippen LogP contribution in [0.25, 0.3) is 22.2 Å². The van der Waals surface area contributed by atoms with Gasteiger partial charge in [-0.25, -0.2) is 9.78 Å². The van der Waals surface area contributed by atoms with Crippen molar-refractivity contribution in [1.29, 1.82) is 0 Å². The van der Waals surface area contributed by atoms with Crippen LogP contribution in [0.3, 0.4) is 0 Å². The largest absolute Gasteiger partial charge is 0.494 e. The Hall–Kier alpha value is -2.84. The Labute approximate surface area is 226 Å². The summed E-state index contributed by atoms with van der Waals surface area (Å²) in [6, 6.07) is 14.6. The first-order valence-electron chi connectivity index (χ1n) is 13.7. The van der Waals surface area contributed by atoms with Crippen molar-refractivity contribution >= 4 is 29.7 Å². The lowest BCUT2D eigenvalue weighted by molar-refractivity contribution is -0.0304. The van der Waals surface area contributed by atoms with Crippen molar-refractivity contribution in [2.24, 2.45) is 0 Å². The molecule has 202 valence electrons. The van der Waals surface area contributed by atoms with Gasteiger partial charge in [-0.15, -0.1) is 0 Å². The number of rotatable bonds is 5. The molecule has 1 aromatic heterocycles. The van der Waals surface area contributed by atoms with Crippen LogP contribution in [0.5, 0.6) is 0 Å². The molecule has 38 heavy (non-hydrogen) atoms. The van der Waals surface area contributed by atoms with Gasteiger partial charge in [-0.1, -0.05) is 30.3 Å². The molecule has 1 amide bonds. The highest BCUT2D eigenvalue weighted by molar-refractivity contribution is 6.62. The van der Waals surface area contributed by atoms with E-state index in [0.29, 0.717) is 6.54 Å². The summed E-state index contributed by atoms with van der Waals surface area (Å²) in [6.07, 6.45) is 2.50. The molecule has 1 saturated carbocycles. The summed E-state index contributed by atoms with van der Waals surface area (Å²) in [5, 5.41) is 0. The van der Waals surface area contributed by atoms with E-state index in [1.165, 1.54) is 0 Å². The van der Waals surface area contributed by atoms with Crippen molar-refractivity contribution < 1.29 is 18.8 Å². The number of amides is 1. The van der Waals surface area contributed by atoms with Crippen molar-refractivity contribution in [2.75, 3.05) is 6.54 Å². The summed E-state index contributed by atoms with van der Waals surface area (Å²) in [6.45, 7) is 16.5. The van der Waals surface area contributed by atoms with Crippen LogP contribution in [0, 0.1) is 0 Å². The average molecular weight is 517 g/mol. The van der Waals surface area contributed by atoms with E-state index in [4.69, 9.17) is 19.0 Å². The van der Waals surface area contributed by atoms with Gasteiger partial charge in [-0.3, -0.25) is 4.90 Å². The van der Waals surface area contributed by atoms with Crippen LogP contribution < -0.4 is 5.46 Å². The molecule has 0 atom stereocenters. The first kappa shape index (κ1) is 26.8. The Balaban J connectivity index is 1.40. The van der Waals surface area contributed by atoms with Gasteiger partial charge < -0.3 is 19.0 Å². The summed E-state index contributed by atoms with van der Waals surface area (Å²) < 4.78 is 18.1. The van der Waals surface area contributed by atoms with Gasteiger partial charge in [0.2, 0.25) is 0 Å². The molecule has 1 saturated heterocycles. The third-order valence-electron chi connectivity index (χ3n) is 8.32. The maximum absolute atomic E-state index is 13.1. The number of hydrogen-bond acceptors (Lipinski definition) is 5. The molecule has 1 aliphatic carbocycles. The fraction of sp³-hybridized carbons (Fsp3) is 0.533. The van der Waals surface area contributed by atoms with Crippen LogP contribution in [0.2, 0.25) is 0 Å². The van der Waals surface area contributed by atoms with E-state index in [0.717, 1.165) is 52.7 Å². The van der Waals surface area contributed by atoms with Gasteiger partial charge in [-0.2, -0.15) is 0 Å². The van der Waals surface area contributed by atoms with Crippen LogP contribution in [0.15, 0.2) is 42.5 Å². The third-order valence-corrected chi connectivity index (χ3v) is 8.32. The number of hydrogen-bond donors (Lipinski definition) is 1. The second-order valence-corrected chi connectivity index (χ2v) is 12.6. The number of nitrogens with zero attached hydrogens (tertiary/aromatic N) is 2. The zero-order chi connectivity index (χ0) is 27.5. The first-order chi connectivity index (χ1) is 17.7. The molecule has 5 rings (SSSR count). The second-order valence-electron chi connectivity index (χ2n) is 12.6. The third kappa shape index (κ3) is 4.62. The number of imidazole rings is 1. The molecule has 0 radical (unpaired) electrons. The molecule has 0 unspecified atom stereocenters. The van der Waals surface area contributed by atoms with E-state index in [2.05, 4.69) is 69.1 Å². The highest BCUT2D eigenvalue weighted by Gasteiger charge is 2.52. The normalized spacial score (nSPS) is 19.8. The summed E-state index contributed by atoms with van der Waals surface area (Å²) in [5.74, 6) is 0.833. The molecule has 2 aromatic carbocycles. The molecule has 0 spiro atoms. The fourth-order valence-corrected chi connectivity index (χ4v) is 5.29. The minimum absolute atomic E-state index is 0.289. The van der Waals surface area contributed by atoms with Crippen LogP contribution in [0.4, 0.5) is 4.79 Å². The van der Waals surface area contributed by atoms with Crippen LogP contribution in [0.1, 0.15) is 80.5 Å². The lowest BCUT2D eigenvalue weighted by Gasteiger charge is -2.48. The summed E-state index contributed by atoms with van der Waals surface area (Å²) in [4.78, 5) is 23.4. The summed E-state index contributed by atoms with van der Waals surface area (Å²) in [5.41, 5.74) is 3.31. The van der Waals surface area contributed by atoms with E-state index in [-0.39, 0.29) is 24.4 Å². The van der Waals surface area contributed by atoms with Crippen LogP contribution >= 0.6 is 0 Å². The quantitative estimate of drug-likeness (QED) is 0.410. The highest BCUT2D eigenvalue weighted by atomic mass is 16.7. The van der Waals surface area contributed by atoms with Crippen molar-refractivity contribution in [3.8, 4) is 11.1 Å². The Morgan fingerprint density at radius 1 is 1.03 bits per heavy atom. The molecular weight excluding hydrogens is 477 g/mol. The molecule has 1 N–H and O–H groups in total. The molecule has 3 aromatic rings. The van der Waals surface area contributed by atoms with E-state index in [1.807, 2.05) is 38.7 Å². The Bertz CT molecular complexity index is 1320. The molecule has 7 nitrogen and oxygen atoms in total. The smallest absolute Gasteiger partial charge is 0.444 e. The van der Waals surface area contributed by atoms with E-state index >= 15 is 0 Å². The van der Waals surface area contributed by atoms with Crippen molar-refractivity contribution in [1.82, 2.24) is 14.9 Å². The van der Waals surface area contributed by atoms with Gasteiger partial charge in [0.15, 0.2) is 0 Å². The molecule has 0 bridgehead atoms. The maximum atomic E-state index is 13.1. The molecule has 2 fully saturated rings. The zero-order valence-electron chi connectivity index (χ0n) is 24.0. The number of aromatic nitrogens is 2. The Kier molecular flexibility index (Phi) is 6.43. The molecule has 2 aliphatic rings. The number of H-pyrrole nitrogens is 1. The maximum Gasteiger partial charge on any atom is 0.494 e. The monoisotopic (exact) mass is 517 g/mol. The van der Waals surface area contributed by atoms with E-state index < -0.39 is 11.1 Å². The zero-order valence-corrected chi connectivity index (χ0v) is 24.0. The average Bonchev–Trinajstić information content (AvgIpc) is 3.31. The molecular formula is C30H40BN3O4. The van der Waals surface area contributed by atoms with Gasteiger partial charge >= 0.3 is 13.2 Å². The minimum atomic E-state index is -0.545. The Morgan fingerprint density at radius 2 is 1.63 bits per heavy atom. The summed E-state index contributed by atoms with van der Waals surface area (Å²) in [7, 11) is -0.378. The number of aromatic amines is 1. The number of carbonyl (C=O) groups excluding carboxylic acids is 1. The second kappa shape index (κ2) is 9.13. The number of fused-ring (bicyclic) bond motifs is 1. The van der Waals surface area contributed by atoms with Crippen LogP contribution in [-0.4, -0.2) is 51.4 Å². The molecule has 2 heterocycles. The number of carbonyl (C=O) groups is 1. The lowest BCUT2D eigenvalue weighted by atomic mass is 9.74. The lowest BCUT2D eigenvalue weighted by Crippen LogP contribution is -2.55. The van der Waals surface area contributed by atoms with E-state index in [1.54, 1.807) is 0 Å². The van der Waals surface area contributed by atoms with E-state index in [9.17, 15) is 4.79 Å². The predicted octanol–water partition coefficient (Wildman–Crippen LogP) is 6.17. The summed E-state index contributed by atoms with van der Waals surface area (Å²) >= 11 is 0. The fourth-order valence-electron chi connectivity index (χ4n) is 5.29. The van der Waals surface area contributed by atoms with Gasteiger partial charge in [0.25, 0.3) is 0 Å². The van der Waals surface area contributed by atoms with Gasteiger partial charge in [0.05, 0.1) is 22.2 Å². The topological polar surface area (TPSA) is 76.7 Å². The first-order valence-corrected chi connectivity index (χ1v) is 13.7. The van der Waals surface area contributed by atoms with Crippen molar-refractivity contribution in [3.05, 3.63) is 48.3 Å². The standard InChI is InChI=1S/C30H40BN3O4/c1-9-34(26(35)36-27(2,3)4)30(17-10-18-30)25-32-23-16-13-21(19-24(23)33-25)20-11-14-22(15-12-20)31-37-28(5,6)29(7,8)38-31/h11-16,19H,9-10,17-18H2,1-8H3,(H,32,33).